The highest BCUT2D eigenvalue weighted by atomic mass is 19.1. The number of halogens is 1. The number of aryl methyl sites for hydroxylation is 1. The number of aliphatic hydroxyl groups excluding tert-OH is 1. The van der Waals surface area contributed by atoms with Gasteiger partial charge in [0.15, 0.2) is 11.6 Å². The molecule has 0 saturated heterocycles. The second kappa shape index (κ2) is 5.40. The average molecular weight is 264 g/mol. The molecule has 1 heterocycles. The van der Waals surface area contributed by atoms with Gasteiger partial charge in [-0.25, -0.2) is 9.37 Å². The van der Waals surface area contributed by atoms with Crippen molar-refractivity contribution in [3.8, 4) is 5.75 Å². The fraction of sp³-hybridized carbons (Fsp3) is 0.357. The first-order valence-corrected chi connectivity index (χ1v) is 6.02. The number of benzene rings is 1. The lowest BCUT2D eigenvalue weighted by Gasteiger charge is -2.14. The highest BCUT2D eigenvalue weighted by Crippen LogP contribution is 2.23. The molecule has 0 fully saturated rings. The minimum Gasteiger partial charge on any atom is -0.494 e. The van der Waals surface area contributed by atoms with Crippen molar-refractivity contribution >= 4 is 0 Å². The highest BCUT2D eigenvalue weighted by Gasteiger charge is 2.13. The first-order valence-electron chi connectivity index (χ1n) is 6.02. The van der Waals surface area contributed by atoms with Crippen LogP contribution in [0.1, 0.15) is 23.1 Å². The SMILES string of the molecule is COc1ccc(C(O)Cn2cnc(C)c2C)cc1F. The molecule has 0 aliphatic rings. The van der Waals surface area contributed by atoms with Gasteiger partial charge in [0.2, 0.25) is 0 Å². The van der Waals surface area contributed by atoms with E-state index >= 15 is 0 Å². The van der Waals surface area contributed by atoms with E-state index in [1.54, 1.807) is 12.4 Å². The third-order valence-electron chi connectivity index (χ3n) is 3.28. The fourth-order valence-electron chi connectivity index (χ4n) is 1.91. The van der Waals surface area contributed by atoms with Crippen LogP contribution in [0.25, 0.3) is 0 Å². The number of nitrogens with zero attached hydrogens (tertiary/aromatic N) is 2. The number of aliphatic hydroxyl groups is 1. The molecule has 1 N–H and O–H groups in total. The molecule has 2 aromatic rings. The van der Waals surface area contributed by atoms with E-state index in [0.29, 0.717) is 12.1 Å². The van der Waals surface area contributed by atoms with E-state index in [-0.39, 0.29) is 5.75 Å². The molecule has 0 radical (unpaired) electrons. The molecule has 0 spiro atoms. The second-order valence-electron chi connectivity index (χ2n) is 4.48. The molecule has 1 unspecified atom stereocenters. The molecule has 0 aliphatic heterocycles. The molecule has 5 heteroatoms. The first-order chi connectivity index (χ1) is 9.02. The van der Waals surface area contributed by atoms with Crippen molar-refractivity contribution in [1.82, 2.24) is 9.55 Å². The van der Waals surface area contributed by atoms with E-state index < -0.39 is 11.9 Å². The normalized spacial score (nSPS) is 12.5. The number of aromatic nitrogens is 2. The lowest BCUT2D eigenvalue weighted by Crippen LogP contribution is -2.09. The van der Waals surface area contributed by atoms with Gasteiger partial charge in [0, 0.05) is 5.69 Å². The largest absolute Gasteiger partial charge is 0.494 e. The summed E-state index contributed by atoms with van der Waals surface area (Å²) in [5, 5.41) is 10.1. The maximum Gasteiger partial charge on any atom is 0.165 e. The quantitative estimate of drug-likeness (QED) is 0.922. The van der Waals surface area contributed by atoms with E-state index in [4.69, 9.17) is 4.74 Å². The van der Waals surface area contributed by atoms with Crippen LogP contribution < -0.4 is 4.74 Å². The van der Waals surface area contributed by atoms with Crippen LogP contribution in [0.2, 0.25) is 0 Å². The van der Waals surface area contributed by atoms with E-state index in [9.17, 15) is 9.50 Å². The molecule has 1 aromatic carbocycles. The summed E-state index contributed by atoms with van der Waals surface area (Å²) < 4.78 is 20.3. The van der Waals surface area contributed by atoms with Gasteiger partial charge < -0.3 is 14.4 Å². The Balaban J connectivity index is 2.18. The van der Waals surface area contributed by atoms with Crippen molar-refractivity contribution in [3.63, 3.8) is 0 Å². The van der Waals surface area contributed by atoms with Gasteiger partial charge >= 0.3 is 0 Å². The molecule has 1 atom stereocenters. The standard InChI is InChI=1S/C14H17FN2O2/c1-9-10(2)17(8-16-9)7-13(18)11-4-5-14(19-3)12(15)6-11/h4-6,8,13,18H,7H2,1-3H3. The zero-order valence-electron chi connectivity index (χ0n) is 11.2. The Bertz CT molecular complexity index is 581. The smallest absolute Gasteiger partial charge is 0.165 e. The lowest BCUT2D eigenvalue weighted by atomic mass is 10.1. The van der Waals surface area contributed by atoms with Gasteiger partial charge in [0.05, 0.1) is 31.8 Å². The number of imidazole rings is 1. The monoisotopic (exact) mass is 264 g/mol. The third kappa shape index (κ3) is 2.76. The Hall–Kier alpha value is -1.88. The van der Waals surface area contributed by atoms with Crippen LogP contribution in [-0.2, 0) is 6.54 Å². The molecule has 4 nitrogen and oxygen atoms in total. The van der Waals surface area contributed by atoms with E-state index in [1.807, 2.05) is 18.4 Å². The summed E-state index contributed by atoms with van der Waals surface area (Å²) in [6.07, 6.45) is 0.890. The summed E-state index contributed by atoms with van der Waals surface area (Å²) in [4.78, 5) is 4.17. The summed E-state index contributed by atoms with van der Waals surface area (Å²) in [5.74, 6) is -0.303. The van der Waals surface area contributed by atoms with Gasteiger partial charge in [0.1, 0.15) is 0 Å². The van der Waals surface area contributed by atoms with Crippen LogP contribution in [0.4, 0.5) is 4.39 Å². The third-order valence-corrected chi connectivity index (χ3v) is 3.28. The Kier molecular flexibility index (Phi) is 3.85. The maximum absolute atomic E-state index is 13.6. The van der Waals surface area contributed by atoms with Gasteiger partial charge in [-0.15, -0.1) is 0 Å². The van der Waals surface area contributed by atoms with Crippen LogP contribution >= 0.6 is 0 Å². The molecule has 0 bridgehead atoms. The summed E-state index contributed by atoms with van der Waals surface area (Å²) in [6, 6.07) is 4.47. The summed E-state index contributed by atoms with van der Waals surface area (Å²) in [6.45, 7) is 4.19. The Morgan fingerprint density at radius 2 is 2.16 bits per heavy atom. The molecule has 19 heavy (non-hydrogen) atoms. The van der Waals surface area contributed by atoms with Crippen molar-refractivity contribution in [3.05, 3.63) is 47.3 Å². The molecule has 0 amide bonds. The van der Waals surface area contributed by atoms with Gasteiger partial charge in [-0.1, -0.05) is 6.07 Å². The predicted octanol–water partition coefficient (Wildman–Crippen LogP) is 2.38. The molecular formula is C14H17FN2O2. The van der Waals surface area contributed by atoms with Gasteiger partial charge in [-0.05, 0) is 31.5 Å². The number of rotatable bonds is 4. The molecular weight excluding hydrogens is 247 g/mol. The van der Waals surface area contributed by atoms with Gasteiger partial charge in [0.25, 0.3) is 0 Å². The van der Waals surface area contributed by atoms with E-state index in [1.165, 1.54) is 19.2 Å². The average Bonchev–Trinajstić information content (AvgIpc) is 2.70. The van der Waals surface area contributed by atoms with Crippen LogP contribution in [0.5, 0.6) is 5.75 Å². The van der Waals surface area contributed by atoms with Crippen LogP contribution in [0.15, 0.2) is 24.5 Å². The first kappa shape index (κ1) is 13.5. The zero-order chi connectivity index (χ0) is 14.0. The highest BCUT2D eigenvalue weighted by molar-refractivity contribution is 5.30. The van der Waals surface area contributed by atoms with Crippen LogP contribution in [0.3, 0.4) is 0 Å². The minimum atomic E-state index is -0.785. The molecule has 0 saturated carbocycles. The lowest BCUT2D eigenvalue weighted by molar-refractivity contribution is 0.155. The topological polar surface area (TPSA) is 47.3 Å². The van der Waals surface area contributed by atoms with Crippen molar-refractivity contribution in [1.29, 1.82) is 0 Å². The van der Waals surface area contributed by atoms with Crippen molar-refractivity contribution in [2.75, 3.05) is 7.11 Å². The Morgan fingerprint density at radius 3 is 2.68 bits per heavy atom. The summed E-state index contributed by atoms with van der Waals surface area (Å²) in [7, 11) is 1.41. The molecule has 1 aromatic heterocycles. The predicted molar refractivity (Wildman–Crippen MR) is 69.6 cm³/mol. The van der Waals surface area contributed by atoms with Crippen LogP contribution in [-0.4, -0.2) is 21.8 Å². The number of methoxy groups -OCH3 is 1. The number of hydrogen-bond acceptors (Lipinski definition) is 3. The summed E-state index contributed by atoms with van der Waals surface area (Å²) in [5.41, 5.74) is 2.44. The fourth-order valence-corrected chi connectivity index (χ4v) is 1.91. The van der Waals surface area contributed by atoms with Crippen molar-refractivity contribution in [2.24, 2.45) is 0 Å². The van der Waals surface area contributed by atoms with Crippen LogP contribution in [0, 0.1) is 19.7 Å². The zero-order valence-corrected chi connectivity index (χ0v) is 11.2. The molecule has 0 aliphatic carbocycles. The van der Waals surface area contributed by atoms with Crippen molar-refractivity contribution in [2.45, 2.75) is 26.5 Å². The minimum absolute atomic E-state index is 0.172. The Morgan fingerprint density at radius 1 is 1.42 bits per heavy atom. The van der Waals surface area contributed by atoms with E-state index in [0.717, 1.165) is 11.4 Å². The molecule has 2 rings (SSSR count). The van der Waals surface area contributed by atoms with Crippen molar-refractivity contribution < 1.29 is 14.2 Å². The maximum atomic E-state index is 13.6. The van der Waals surface area contributed by atoms with Gasteiger partial charge in [-0.3, -0.25) is 0 Å². The molecule has 102 valence electrons. The summed E-state index contributed by atoms with van der Waals surface area (Å²) >= 11 is 0. The number of ether oxygens (including phenoxy) is 1. The van der Waals surface area contributed by atoms with E-state index in [2.05, 4.69) is 4.98 Å². The number of hydrogen-bond donors (Lipinski definition) is 1. The second-order valence-corrected chi connectivity index (χ2v) is 4.48. The Labute approximate surface area is 111 Å². The van der Waals surface area contributed by atoms with Gasteiger partial charge in [-0.2, -0.15) is 0 Å².